The van der Waals surface area contributed by atoms with Crippen LogP contribution in [0.5, 0.6) is 5.75 Å². The number of carbonyl (C=O) groups excluding carboxylic acids is 2. The van der Waals surface area contributed by atoms with Crippen molar-refractivity contribution in [3.05, 3.63) is 38.5 Å². The smallest absolute Gasteiger partial charge is 0.338 e. The van der Waals surface area contributed by atoms with Crippen LogP contribution in [0, 0.1) is 6.92 Å². The van der Waals surface area contributed by atoms with E-state index in [1.54, 1.807) is 19.9 Å². The number of benzene rings is 1. The number of ether oxygens (including phenoxy) is 2. The molecule has 0 aliphatic carbocycles. The molecule has 1 aliphatic heterocycles. The van der Waals surface area contributed by atoms with Gasteiger partial charge in [-0.2, -0.15) is 0 Å². The first kappa shape index (κ1) is 18.6. The number of carbonyl (C=O) groups is 2. The number of hydrogen-bond acceptors (Lipinski definition) is 4. The summed E-state index contributed by atoms with van der Waals surface area (Å²) in [6, 6.07) is 2.71. The van der Waals surface area contributed by atoms with Crippen LogP contribution >= 0.6 is 27.5 Å². The van der Waals surface area contributed by atoms with Crippen LogP contribution in [0.3, 0.4) is 0 Å². The van der Waals surface area contributed by atoms with E-state index in [9.17, 15) is 9.59 Å². The van der Waals surface area contributed by atoms with E-state index in [2.05, 4.69) is 26.6 Å². The van der Waals surface area contributed by atoms with Crippen LogP contribution in [0.1, 0.15) is 19.4 Å². The fourth-order valence-corrected chi connectivity index (χ4v) is 3.43. The third kappa shape index (κ3) is 4.21. The molecular formula is C16H18BrClN2O4. The van der Waals surface area contributed by atoms with Gasteiger partial charge in [-0.05, 0) is 38.5 Å². The topological polar surface area (TPSA) is 76.7 Å². The molecule has 2 N–H and O–H groups in total. The van der Waals surface area contributed by atoms with Crippen LogP contribution in [-0.2, 0) is 9.53 Å². The summed E-state index contributed by atoms with van der Waals surface area (Å²) >= 11 is 9.56. The van der Waals surface area contributed by atoms with E-state index in [4.69, 9.17) is 21.1 Å². The lowest BCUT2D eigenvalue weighted by atomic mass is 10.0. The molecule has 0 bridgehead atoms. The van der Waals surface area contributed by atoms with Gasteiger partial charge in [-0.15, -0.1) is 0 Å². The Morgan fingerprint density at radius 3 is 2.75 bits per heavy atom. The van der Waals surface area contributed by atoms with Crippen LogP contribution < -0.4 is 15.4 Å². The molecule has 2 amide bonds. The van der Waals surface area contributed by atoms with Gasteiger partial charge in [0.1, 0.15) is 12.4 Å². The maximum atomic E-state index is 12.2. The number of hydrogen-bond donors (Lipinski definition) is 2. The lowest BCUT2D eigenvalue weighted by molar-refractivity contribution is -0.139. The molecule has 2 rings (SSSR count). The second-order valence-corrected chi connectivity index (χ2v) is 6.58. The molecule has 1 aromatic rings. The second kappa shape index (κ2) is 7.90. The van der Waals surface area contributed by atoms with Crippen LogP contribution in [0.15, 0.2) is 27.9 Å². The molecule has 0 aromatic heterocycles. The van der Waals surface area contributed by atoms with Crippen molar-refractivity contribution in [2.24, 2.45) is 0 Å². The van der Waals surface area contributed by atoms with Gasteiger partial charge < -0.3 is 20.1 Å². The van der Waals surface area contributed by atoms with Gasteiger partial charge in [0.15, 0.2) is 0 Å². The average molecular weight is 418 g/mol. The first-order chi connectivity index (χ1) is 11.3. The number of urea groups is 1. The number of nitrogens with one attached hydrogen (secondary N) is 2. The highest BCUT2D eigenvalue weighted by Crippen LogP contribution is 2.32. The van der Waals surface area contributed by atoms with Crippen LogP contribution in [0.4, 0.5) is 4.79 Å². The zero-order valence-electron chi connectivity index (χ0n) is 13.5. The number of aryl methyl sites for hydroxylation is 1. The van der Waals surface area contributed by atoms with Gasteiger partial charge in [0, 0.05) is 4.47 Å². The molecule has 8 heteroatoms. The minimum Gasteiger partial charge on any atom is -0.486 e. The number of rotatable bonds is 5. The summed E-state index contributed by atoms with van der Waals surface area (Å²) in [5.74, 6) is 0.00531. The van der Waals surface area contributed by atoms with Gasteiger partial charge in [-0.3, -0.25) is 0 Å². The number of amides is 2. The molecule has 0 radical (unpaired) electrons. The minimum atomic E-state index is -0.491. The van der Waals surface area contributed by atoms with E-state index < -0.39 is 18.0 Å². The van der Waals surface area contributed by atoms with E-state index >= 15 is 0 Å². The molecular weight excluding hydrogens is 400 g/mol. The van der Waals surface area contributed by atoms with Crippen molar-refractivity contribution in [1.29, 1.82) is 0 Å². The summed E-state index contributed by atoms with van der Waals surface area (Å²) in [7, 11) is 0. The van der Waals surface area contributed by atoms with Gasteiger partial charge in [0.2, 0.25) is 0 Å². The number of halogens is 2. The van der Waals surface area contributed by atoms with Crippen LogP contribution in [-0.4, -0.2) is 31.3 Å². The molecule has 0 fully saturated rings. The Morgan fingerprint density at radius 2 is 2.12 bits per heavy atom. The summed E-state index contributed by atoms with van der Waals surface area (Å²) in [4.78, 5) is 23.9. The third-order valence-corrected chi connectivity index (χ3v) is 4.16. The molecule has 0 saturated carbocycles. The average Bonchev–Trinajstić information content (AvgIpc) is 2.45. The Kier molecular flexibility index (Phi) is 6.12. The standard InChI is InChI=1S/C16H18BrClN2O4/c1-4-23-15(21)13-9(3)19-16(22)20-12(13)7-24-14-8(2)5-10(17)6-11(14)18/h5-6,9H,4,7H2,1-3H3,(H2,19,20,22)/t9-/m0/s1. The zero-order valence-corrected chi connectivity index (χ0v) is 15.9. The van der Waals surface area contributed by atoms with E-state index in [0.29, 0.717) is 22.0 Å². The molecule has 0 saturated heterocycles. The van der Waals surface area contributed by atoms with Crippen molar-refractivity contribution in [2.45, 2.75) is 26.8 Å². The molecule has 1 aromatic carbocycles. The van der Waals surface area contributed by atoms with Gasteiger partial charge in [0.05, 0.1) is 28.9 Å². The predicted octanol–water partition coefficient (Wildman–Crippen LogP) is 3.31. The van der Waals surface area contributed by atoms with Crippen molar-refractivity contribution in [1.82, 2.24) is 10.6 Å². The summed E-state index contributed by atoms with van der Waals surface area (Å²) in [6.07, 6.45) is 0. The maximum absolute atomic E-state index is 12.2. The van der Waals surface area contributed by atoms with Gasteiger partial charge in [-0.1, -0.05) is 27.5 Å². The number of esters is 1. The largest absolute Gasteiger partial charge is 0.486 e. The molecule has 1 aliphatic rings. The van der Waals surface area contributed by atoms with Gasteiger partial charge in [0.25, 0.3) is 0 Å². The first-order valence-corrected chi connectivity index (χ1v) is 8.56. The second-order valence-electron chi connectivity index (χ2n) is 5.26. The zero-order chi connectivity index (χ0) is 17.9. The summed E-state index contributed by atoms with van der Waals surface area (Å²) < 4.78 is 11.7. The van der Waals surface area contributed by atoms with Gasteiger partial charge in [-0.25, -0.2) is 9.59 Å². The monoisotopic (exact) mass is 416 g/mol. The van der Waals surface area contributed by atoms with E-state index in [1.165, 1.54) is 0 Å². The molecule has 0 spiro atoms. The molecule has 1 heterocycles. The lowest BCUT2D eigenvalue weighted by Gasteiger charge is -2.26. The Labute approximate surface area is 153 Å². The molecule has 24 heavy (non-hydrogen) atoms. The summed E-state index contributed by atoms with van der Waals surface area (Å²) in [5, 5.41) is 5.68. The van der Waals surface area contributed by atoms with E-state index in [1.807, 2.05) is 13.0 Å². The van der Waals surface area contributed by atoms with Crippen LogP contribution in [0.25, 0.3) is 0 Å². The summed E-state index contributed by atoms with van der Waals surface area (Å²) in [5.41, 5.74) is 1.53. The Bertz CT molecular complexity index is 682. The van der Waals surface area contributed by atoms with Crippen molar-refractivity contribution >= 4 is 39.5 Å². The fourth-order valence-electron chi connectivity index (χ4n) is 2.41. The Balaban J connectivity index is 2.28. The Hall–Kier alpha value is -1.73. The van der Waals surface area contributed by atoms with Crippen molar-refractivity contribution in [3.63, 3.8) is 0 Å². The lowest BCUT2D eigenvalue weighted by Crippen LogP contribution is -2.50. The normalized spacial score (nSPS) is 17.2. The molecule has 0 unspecified atom stereocenters. The maximum Gasteiger partial charge on any atom is 0.338 e. The highest BCUT2D eigenvalue weighted by atomic mass is 79.9. The highest BCUT2D eigenvalue weighted by Gasteiger charge is 2.30. The quantitative estimate of drug-likeness (QED) is 0.721. The molecule has 130 valence electrons. The van der Waals surface area contributed by atoms with Crippen molar-refractivity contribution < 1.29 is 19.1 Å². The van der Waals surface area contributed by atoms with E-state index in [-0.39, 0.29) is 13.2 Å². The minimum absolute atomic E-state index is 0.00585. The molecule has 6 nitrogen and oxygen atoms in total. The molecule has 1 atom stereocenters. The predicted molar refractivity (Wildman–Crippen MR) is 94.2 cm³/mol. The third-order valence-electron chi connectivity index (χ3n) is 3.42. The van der Waals surface area contributed by atoms with E-state index in [0.717, 1.165) is 10.0 Å². The van der Waals surface area contributed by atoms with Crippen LogP contribution in [0.2, 0.25) is 5.02 Å². The fraction of sp³-hybridized carbons (Fsp3) is 0.375. The van der Waals surface area contributed by atoms with Crippen molar-refractivity contribution in [2.75, 3.05) is 13.2 Å². The van der Waals surface area contributed by atoms with Crippen molar-refractivity contribution in [3.8, 4) is 5.75 Å². The van der Waals surface area contributed by atoms with Gasteiger partial charge >= 0.3 is 12.0 Å². The Morgan fingerprint density at radius 1 is 1.42 bits per heavy atom. The highest BCUT2D eigenvalue weighted by molar-refractivity contribution is 9.10. The summed E-state index contributed by atoms with van der Waals surface area (Å²) in [6.45, 7) is 5.53. The first-order valence-electron chi connectivity index (χ1n) is 7.39. The SMILES string of the molecule is CCOC(=O)C1=C(COc2c(C)cc(Br)cc2Cl)NC(=O)N[C@H]1C.